The molecule has 0 aliphatic rings. The molecular formula is C13H17BrN4O2. The first kappa shape index (κ1) is 14.9. The van der Waals surface area contributed by atoms with Crippen molar-refractivity contribution in [2.45, 2.75) is 39.5 Å². The number of halogens is 1. The summed E-state index contributed by atoms with van der Waals surface area (Å²) in [6.45, 7) is 4.65. The first-order chi connectivity index (χ1) is 9.58. The van der Waals surface area contributed by atoms with Crippen LogP contribution in [0.3, 0.4) is 0 Å². The van der Waals surface area contributed by atoms with Crippen LogP contribution in [0.15, 0.2) is 23.1 Å². The largest absolute Gasteiger partial charge is 0.485 e. The number of rotatable bonds is 6. The van der Waals surface area contributed by atoms with Crippen molar-refractivity contribution in [1.82, 2.24) is 20.0 Å². The number of hydrogen-bond donors (Lipinski definition) is 1. The van der Waals surface area contributed by atoms with Crippen LogP contribution in [0.5, 0.6) is 5.75 Å². The van der Waals surface area contributed by atoms with E-state index in [1.54, 1.807) is 17.1 Å². The fourth-order valence-corrected chi connectivity index (χ4v) is 2.10. The predicted octanol–water partition coefficient (Wildman–Crippen LogP) is 2.09. The molecule has 2 aromatic heterocycles. The number of aliphatic hydroxyl groups excluding tert-OH is 1. The van der Waals surface area contributed by atoms with Crippen molar-refractivity contribution in [1.29, 1.82) is 0 Å². The molecule has 2 heterocycles. The van der Waals surface area contributed by atoms with E-state index in [2.05, 4.69) is 31.2 Å². The summed E-state index contributed by atoms with van der Waals surface area (Å²) in [6.07, 6.45) is 3.74. The Kier molecular flexibility index (Phi) is 5.08. The predicted molar refractivity (Wildman–Crippen MR) is 77.3 cm³/mol. The number of pyridine rings is 1. The van der Waals surface area contributed by atoms with E-state index in [1.165, 1.54) is 0 Å². The maximum atomic E-state index is 9.56. The van der Waals surface area contributed by atoms with E-state index < -0.39 is 6.10 Å². The molecule has 0 aromatic carbocycles. The van der Waals surface area contributed by atoms with Gasteiger partial charge in [-0.1, -0.05) is 12.1 Å². The van der Waals surface area contributed by atoms with Gasteiger partial charge in [-0.3, -0.25) is 0 Å². The van der Waals surface area contributed by atoms with Gasteiger partial charge in [0.25, 0.3) is 0 Å². The van der Waals surface area contributed by atoms with Gasteiger partial charge in [-0.25, -0.2) is 9.67 Å². The molecule has 0 bridgehead atoms. The molecule has 2 aromatic rings. The number of aryl methyl sites for hydroxylation is 1. The van der Waals surface area contributed by atoms with Gasteiger partial charge in [0.1, 0.15) is 22.7 Å². The van der Waals surface area contributed by atoms with Crippen LogP contribution in [-0.2, 0) is 13.2 Å². The van der Waals surface area contributed by atoms with E-state index >= 15 is 0 Å². The second-order valence-corrected chi connectivity index (χ2v) is 5.37. The first-order valence-corrected chi connectivity index (χ1v) is 7.19. The van der Waals surface area contributed by atoms with Gasteiger partial charge >= 0.3 is 0 Å². The Hall–Kier alpha value is -1.47. The zero-order chi connectivity index (χ0) is 14.5. The van der Waals surface area contributed by atoms with Gasteiger partial charge in [0.05, 0.1) is 25.0 Å². The van der Waals surface area contributed by atoms with Gasteiger partial charge < -0.3 is 9.84 Å². The third kappa shape index (κ3) is 4.01. The molecule has 0 fully saturated rings. The third-order valence-electron chi connectivity index (χ3n) is 2.86. The molecule has 108 valence electrons. The van der Waals surface area contributed by atoms with E-state index in [9.17, 15) is 5.11 Å². The van der Waals surface area contributed by atoms with Crippen LogP contribution in [0.1, 0.15) is 24.6 Å². The second-order valence-electron chi connectivity index (χ2n) is 4.56. The summed E-state index contributed by atoms with van der Waals surface area (Å²) < 4.78 is 8.06. The van der Waals surface area contributed by atoms with Crippen LogP contribution >= 0.6 is 15.9 Å². The van der Waals surface area contributed by atoms with Gasteiger partial charge in [0.2, 0.25) is 0 Å². The third-order valence-corrected chi connectivity index (χ3v) is 3.29. The fourth-order valence-electron chi connectivity index (χ4n) is 1.65. The lowest BCUT2D eigenvalue weighted by atomic mass is 10.3. The van der Waals surface area contributed by atoms with E-state index in [1.807, 2.05) is 19.9 Å². The molecule has 1 unspecified atom stereocenters. The molecule has 0 spiro atoms. The molecule has 1 N–H and O–H groups in total. The lowest BCUT2D eigenvalue weighted by Gasteiger charge is -2.07. The highest BCUT2D eigenvalue weighted by Crippen LogP contribution is 2.20. The van der Waals surface area contributed by atoms with Crippen molar-refractivity contribution in [2.75, 3.05) is 0 Å². The van der Waals surface area contributed by atoms with E-state index in [0.29, 0.717) is 19.6 Å². The van der Waals surface area contributed by atoms with Gasteiger partial charge in [-0.15, -0.1) is 5.10 Å². The highest BCUT2D eigenvalue weighted by Gasteiger charge is 2.07. The van der Waals surface area contributed by atoms with Crippen molar-refractivity contribution in [2.24, 2.45) is 0 Å². The Morgan fingerprint density at radius 2 is 2.30 bits per heavy atom. The Morgan fingerprint density at radius 1 is 1.50 bits per heavy atom. The molecule has 1 atom stereocenters. The Bertz CT molecular complexity index is 573. The summed E-state index contributed by atoms with van der Waals surface area (Å²) in [7, 11) is 0. The molecule has 2 rings (SSSR count). The van der Waals surface area contributed by atoms with Crippen molar-refractivity contribution < 1.29 is 9.84 Å². The van der Waals surface area contributed by atoms with E-state index in [-0.39, 0.29) is 0 Å². The standard InChI is InChI=1S/C13H17BrN4O2/c1-3-11(19)7-18-6-10(16-17-18)8-20-12-5-15-13(14)4-9(12)2/h4-6,11,19H,3,7-8H2,1-2H3. The molecule has 0 saturated carbocycles. The summed E-state index contributed by atoms with van der Waals surface area (Å²) in [6, 6.07) is 1.89. The van der Waals surface area contributed by atoms with Crippen molar-refractivity contribution >= 4 is 15.9 Å². The minimum atomic E-state index is -0.400. The lowest BCUT2D eigenvalue weighted by molar-refractivity contribution is 0.144. The first-order valence-electron chi connectivity index (χ1n) is 6.40. The highest BCUT2D eigenvalue weighted by molar-refractivity contribution is 9.10. The smallest absolute Gasteiger partial charge is 0.141 e. The van der Waals surface area contributed by atoms with Gasteiger partial charge in [-0.2, -0.15) is 0 Å². The summed E-state index contributed by atoms with van der Waals surface area (Å²) in [4.78, 5) is 4.13. The molecule has 0 aliphatic carbocycles. The zero-order valence-electron chi connectivity index (χ0n) is 11.5. The zero-order valence-corrected chi connectivity index (χ0v) is 13.0. The number of hydrogen-bond acceptors (Lipinski definition) is 5. The SMILES string of the molecule is CCC(O)Cn1cc(COc2cnc(Br)cc2C)nn1. The van der Waals surface area contributed by atoms with Crippen LogP contribution in [0.4, 0.5) is 0 Å². The average Bonchev–Trinajstić information content (AvgIpc) is 2.85. The number of nitrogens with zero attached hydrogens (tertiary/aromatic N) is 4. The quantitative estimate of drug-likeness (QED) is 0.815. The fraction of sp³-hybridized carbons (Fsp3) is 0.462. The van der Waals surface area contributed by atoms with Crippen LogP contribution in [-0.4, -0.2) is 31.2 Å². The second kappa shape index (κ2) is 6.81. The van der Waals surface area contributed by atoms with E-state index in [0.717, 1.165) is 21.6 Å². The topological polar surface area (TPSA) is 73.1 Å². The Balaban J connectivity index is 1.94. The van der Waals surface area contributed by atoms with Gasteiger partial charge in [0.15, 0.2) is 0 Å². The van der Waals surface area contributed by atoms with Crippen molar-refractivity contribution in [3.63, 3.8) is 0 Å². The maximum absolute atomic E-state index is 9.56. The van der Waals surface area contributed by atoms with Gasteiger partial charge in [0, 0.05) is 0 Å². The Morgan fingerprint density at radius 3 is 3.00 bits per heavy atom. The summed E-state index contributed by atoms with van der Waals surface area (Å²) in [5, 5.41) is 17.5. The lowest BCUT2D eigenvalue weighted by Crippen LogP contribution is -2.15. The van der Waals surface area contributed by atoms with Crippen LogP contribution < -0.4 is 4.74 Å². The molecule has 7 heteroatoms. The highest BCUT2D eigenvalue weighted by atomic mass is 79.9. The molecular weight excluding hydrogens is 324 g/mol. The van der Waals surface area contributed by atoms with E-state index in [4.69, 9.17) is 4.74 Å². The minimum absolute atomic E-state index is 0.326. The molecule has 0 radical (unpaired) electrons. The average molecular weight is 341 g/mol. The van der Waals surface area contributed by atoms with Gasteiger partial charge in [-0.05, 0) is 40.9 Å². The van der Waals surface area contributed by atoms with Crippen LogP contribution in [0.25, 0.3) is 0 Å². The summed E-state index contributed by atoms with van der Waals surface area (Å²) in [5.74, 6) is 0.719. The Labute approximate surface area is 125 Å². The molecule has 20 heavy (non-hydrogen) atoms. The minimum Gasteiger partial charge on any atom is -0.485 e. The van der Waals surface area contributed by atoms with Crippen molar-refractivity contribution in [3.8, 4) is 5.75 Å². The summed E-state index contributed by atoms with van der Waals surface area (Å²) in [5.41, 5.74) is 1.72. The van der Waals surface area contributed by atoms with Crippen molar-refractivity contribution in [3.05, 3.63) is 34.3 Å². The molecule has 0 amide bonds. The van der Waals surface area contributed by atoms with Crippen LogP contribution in [0.2, 0.25) is 0 Å². The number of aromatic nitrogens is 4. The van der Waals surface area contributed by atoms with Crippen LogP contribution in [0, 0.1) is 6.92 Å². The molecule has 0 aliphatic heterocycles. The maximum Gasteiger partial charge on any atom is 0.141 e. The monoisotopic (exact) mass is 340 g/mol. The number of ether oxygens (including phenoxy) is 1. The number of aliphatic hydroxyl groups is 1. The molecule has 6 nitrogen and oxygen atoms in total. The molecule has 0 saturated heterocycles. The summed E-state index contributed by atoms with van der Waals surface area (Å²) >= 11 is 3.31. The normalized spacial score (nSPS) is 12.4.